The third-order valence-electron chi connectivity index (χ3n) is 5.85. The number of hydrogen-bond donors (Lipinski definition) is 1. The molecule has 1 saturated heterocycles. The molecule has 1 aliphatic heterocycles. The van der Waals surface area contributed by atoms with Gasteiger partial charge in [0.15, 0.2) is 5.13 Å². The fourth-order valence-electron chi connectivity index (χ4n) is 4.01. The summed E-state index contributed by atoms with van der Waals surface area (Å²) in [6.45, 7) is 8.15. The van der Waals surface area contributed by atoms with Crippen LogP contribution < -0.4 is 15.0 Å². The molecule has 3 heterocycles. The number of rotatable bonds is 6. The number of aromatic nitrogens is 3. The van der Waals surface area contributed by atoms with Crippen LogP contribution in [-0.2, 0) is 12.8 Å². The molecule has 0 spiro atoms. The van der Waals surface area contributed by atoms with E-state index in [1.54, 1.807) is 11.3 Å². The summed E-state index contributed by atoms with van der Waals surface area (Å²) in [5.74, 6) is 2.31. The minimum Gasteiger partial charge on any atom is -0.424 e. The van der Waals surface area contributed by atoms with Gasteiger partial charge in [-0.1, -0.05) is 24.6 Å². The number of anilines is 3. The van der Waals surface area contributed by atoms with Crippen molar-refractivity contribution in [1.29, 1.82) is 0 Å². The van der Waals surface area contributed by atoms with Crippen molar-refractivity contribution in [2.75, 3.05) is 43.4 Å². The lowest BCUT2D eigenvalue weighted by atomic mass is 10.1. The molecule has 1 N–H and O–H groups in total. The summed E-state index contributed by atoms with van der Waals surface area (Å²) in [5, 5.41) is 4.18. The third kappa shape index (κ3) is 4.61. The van der Waals surface area contributed by atoms with Crippen molar-refractivity contribution in [1.82, 2.24) is 19.9 Å². The first-order valence-corrected chi connectivity index (χ1v) is 11.9. The molecule has 1 aliphatic carbocycles. The molecule has 1 fully saturated rings. The summed E-state index contributed by atoms with van der Waals surface area (Å²) in [5.41, 5.74) is 3.91. The SMILES string of the molecule is CCc1cnc(Nc2cc(N3CCN(C)CC3)nc(Oc3ccc4c(c3)C=C(C)C4)n2)s1. The molecule has 0 saturated carbocycles. The Balaban J connectivity index is 1.44. The van der Waals surface area contributed by atoms with Gasteiger partial charge in [0, 0.05) is 43.3 Å². The van der Waals surface area contributed by atoms with Crippen LogP contribution in [0.1, 0.15) is 29.9 Å². The highest BCUT2D eigenvalue weighted by Gasteiger charge is 2.19. The number of piperazine rings is 1. The average Bonchev–Trinajstić information content (AvgIpc) is 3.39. The molecular formula is C24H28N6OS. The van der Waals surface area contributed by atoms with E-state index in [-0.39, 0.29) is 0 Å². The Morgan fingerprint density at radius 3 is 2.75 bits per heavy atom. The molecule has 2 aromatic heterocycles. The second-order valence-electron chi connectivity index (χ2n) is 8.42. The molecule has 7 nitrogen and oxygen atoms in total. The predicted octanol–water partition coefficient (Wildman–Crippen LogP) is 4.74. The number of benzene rings is 1. The number of allylic oxidation sites excluding steroid dienone is 1. The molecular weight excluding hydrogens is 420 g/mol. The van der Waals surface area contributed by atoms with Gasteiger partial charge in [-0.05, 0) is 50.1 Å². The molecule has 0 bridgehead atoms. The van der Waals surface area contributed by atoms with Crippen molar-refractivity contribution in [3.8, 4) is 11.8 Å². The molecule has 0 atom stereocenters. The van der Waals surface area contributed by atoms with E-state index in [0.29, 0.717) is 11.8 Å². The van der Waals surface area contributed by atoms with Crippen molar-refractivity contribution >= 4 is 34.2 Å². The molecule has 1 aromatic carbocycles. The molecule has 2 aliphatic rings. The number of hydrogen-bond acceptors (Lipinski definition) is 8. The van der Waals surface area contributed by atoms with E-state index in [1.165, 1.54) is 21.6 Å². The Labute approximate surface area is 192 Å². The van der Waals surface area contributed by atoms with Gasteiger partial charge in [0.25, 0.3) is 0 Å². The molecule has 0 amide bonds. The van der Waals surface area contributed by atoms with Crippen LogP contribution in [0.15, 0.2) is 36.0 Å². The first-order valence-electron chi connectivity index (χ1n) is 11.1. The maximum Gasteiger partial charge on any atom is 0.325 e. The van der Waals surface area contributed by atoms with E-state index in [1.807, 2.05) is 18.3 Å². The van der Waals surface area contributed by atoms with Gasteiger partial charge in [0.05, 0.1) is 0 Å². The van der Waals surface area contributed by atoms with E-state index >= 15 is 0 Å². The van der Waals surface area contributed by atoms with E-state index in [0.717, 1.165) is 55.7 Å². The Hall–Kier alpha value is -2.97. The second kappa shape index (κ2) is 8.88. The quantitative estimate of drug-likeness (QED) is 0.584. The summed E-state index contributed by atoms with van der Waals surface area (Å²) < 4.78 is 6.15. The van der Waals surface area contributed by atoms with Crippen LogP contribution in [0.4, 0.5) is 16.8 Å². The van der Waals surface area contributed by atoms with Crippen LogP contribution in [0.5, 0.6) is 11.8 Å². The van der Waals surface area contributed by atoms with Gasteiger partial charge in [0.1, 0.15) is 17.4 Å². The maximum atomic E-state index is 6.15. The van der Waals surface area contributed by atoms with E-state index < -0.39 is 0 Å². The van der Waals surface area contributed by atoms with Crippen molar-refractivity contribution in [2.24, 2.45) is 0 Å². The zero-order valence-electron chi connectivity index (χ0n) is 18.8. The lowest BCUT2D eigenvalue weighted by Crippen LogP contribution is -2.44. The number of ether oxygens (including phenoxy) is 1. The number of thiazole rings is 1. The highest BCUT2D eigenvalue weighted by Crippen LogP contribution is 2.31. The normalized spacial score (nSPS) is 16.1. The van der Waals surface area contributed by atoms with E-state index in [9.17, 15) is 0 Å². The molecule has 0 radical (unpaired) electrons. The van der Waals surface area contributed by atoms with Gasteiger partial charge < -0.3 is 19.9 Å². The van der Waals surface area contributed by atoms with Gasteiger partial charge >= 0.3 is 6.01 Å². The Morgan fingerprint density at radius 1 is 1.12 bits per heavy atom. The lowest BCUT2D eigenvalue weighted by Gasteiger charge is -2.33. The summed E-state index contributed by atoms with van der Waals surface area (Å²) in [6.07, 6.45) is 6.10. The van der Waals surface area contributed by atoms with Crippen LogP contribution in [-0.4, -0.2) is 53.1 Å². The van der Waals surface area contributed by atoms with E-state index in [2.05, 4.69) is 64.2 Å². The van der Waals surface area contributed by atoms with Crippen molar-refractivity contribution in [3.63, 3.8) is 0 Å². The maximum absolute atomic E-state index is 6.15. The minimum atomic E-state index is 0.342. The summed E-state index contributed by atoms with van der Waals surface area (Å²) in [4.78, 5) is 19.7. The minimum absolute atomic E-state index is 0.342. The van der Waals surface area contributed by atoms with Crippen LogP contribution in [0.3, 0.4) is 0 Å². The van der Waals surface area contributed by atoms with Crippen molar-refractivity contribution in [2.45, 2.75) is 26.7 Å². The summed E-state index contributed by atoms with van der Waals surface area (Å²) in [6, 6.07) is 8.52. The van der Waals surface area contributed by atoms with Gasteiger partial charge in [0.2, 0.25) is 0 Å². The molecule has 8 heteroatoms. The van der Waals surface area contributed by atoms with Gasteiger partial charge in [-0.25, -0.2) is 4.98 Å². The smallest absolute Gasteiger partial charge is 0.325 e. The number of likely N-dealkylation sites (N-methyl/N-ethyl adjacent to an activating group) is 1. The molecule has 32 heavy (non-hydrogen) atoms. The third-order valence-corrected chi connectivity index (χ3v) is 6.91. The number of nitrogens with zero attached hydrogens (tertiary/aromatic N) is 5. The van der Waals surface area contributed by atoms with Crippen LogP contribution in [0.25, 0.3) is 6.08 Å². The number of aryl methyl sites for hydroxylation is 1. The van der Waals surface area contributed by atoms with Gasteiger partial charge in [-0.2, -0.15) is 9.97 Å². The van der Waals surface area contributed by atoms with Crippen LogP contribution in [0.2, 0.25) is 0 Å². The fraction of sp³-hybridized carbons (Fsp3) is 0.375. The average molecular weight is 449 g/mol. The molecule has 0 unspecified atom stereocenters. The highest BCUT2D eigenvalue weighted by molar-refractivity contribution is 7.15. The van der Waals surface area contributed by atoms with Crippen molar-refractivity contribution in [3.05, 3.63) is 52.0 Å². The lowest BCUT2D eigenvalue weighted by molar-refractivity contribution is 0.311. The van der Waals surface area contributed by atoms with E-state index in [4.69, 9.17) is 9.72 Å². The Bertz CT molecular complexity index is 1150. The zero-order valence-corrected chi connectivity index (χ0v) is 19.6. The van der Waals surface area contributed by atoms with Crippen LogP contribution in [0, 0.1) is 0 Å². The standard InChI is InChI=1S/C24H28N6OS/c1-4-20-15-25-24(32-20)27-21-14-22(30-9-7-29(3)8-10-30)28-23(26-21)31-19-6-5-17-11-16(2)12-18(17)13-19/h5-6,12-15H,4,7-11H2,1-3H3,(H,25,26,27,28). The van der Waals surface area contributed by atoms with Crippen LogP contribution >= 0.6 is 11.3 Å². The Kier molecular flexibility index (Phi) is 5.80. The van der Waals surface area contributed by atoms with Gasteiger partial charge in [-0.3, -0.25) is 0 Å². The zero-order chi connectivity index (χ0) is 22.1. The highest BCUT2D eigenvalue weighted by atomic mass is 32.1. The molecule has 3 aromatic rings. The summed E-state index contributed by atoms with van der Waals surface area (Å²) >= 11 is 1.64. The Morgan fingerprint density at radius 2 is 1.97 bits per heavy atom. The van der Waals surface area contributed by atoms with Gasteiger partial charge in [-0.15, -0.1) is 11.3 Å². The number of fused-ring (bicyclic) bond motifs is 1. The summed E-state index contributed by atoms with van der Waals surface area (Å²) in [7, 11) is 2.15. The van der Waals surface area contributed by atoms with Crippen molar-refractivity contribution < 1.29 is 4.74 Å². The first kappa shape index (κ1) is 20.9. The largest absolute Gasteiger partial charge is 0.424 e. The molecule has 5 rings (SSSR count). The molecule has 166 valence electrons. The first-order chi connectivity index (χ1) is 15.6. The number of nitrogens with one attached hydrogen (secondary N) is 1. The predicted molar refractivity (Wildman–Crippen MR) is 130 cm³/mol. The second-order valence-corrected chi connectivity index (χ2v) is 9.54. The fourth-order valence-corrected chi connectivity index (χ4v) is 4.77. The topological polar surface area (TPSA) is 66.4 Å². The monoisotopic (exact) mass is 448 g/mol.